The molecular formula is C17H20ClN3O3. The van der Waals surface area contributed by atoms with E-state index in [-0.39, 0.29) is 18.2 Å². The van der Waals surface area contributed by atoms with Crippen molar-refractivity contribution >= 4 is 40.0 Å². The molecule has 6 nitrogen and oxygen atoms in total. The summed E-state index contributed by atoms with van der Waals surface area (Å²) in [5.41, 5.74) is 1.85. The number of benzene rings is 1. The number of anilines is 2. The van der Waals surface area contributed by atoms with Crippen LogP contribution >= 0.6 is 11.6 Å². The van der Waals surface area contributed by atoms with E-state index in [2.05, 4.69) is 4.90 Å². The molecule has 2 fully saturated rings. The van der Waals surface area contributed by atoms with E-state index in [0.29, 0.717) is 6.54 Å². The van der Waals surface area contributed by atoms with Gasteiger partial charge in [-0.3, -0.25) is 14.4 Å². The van der Waals surface area contributed by atoms with Crippen LogP contribution in [0.2, 0.25) is 0 Å². The molecule has 1 aromatic rings. The predicted molar refractivity (Wildman–Crippen MR) is 92.2 cm³/mol. The van der Waals surface area contributed by atoms with Crippen molar-refractivity contribution in [2.24, 2.45) is 5.92 Å². The summed E-state index contributed by atoms with van der Waals surface area (Å²) in [5.74, 6) is -0.378. The van der Waals surface area contributed by atoms with Gasteiger partial charge in [0.25, 0.3) is 0 Å². The van der Waals surface area contributed by atoms with Gasteiger partial charge in [-0.15, -0.1) is 0 Å². The van der Waals surface area contributed by atoms with Gasteiger partial charge in [0.2, 0.25) is 17.1 Å². The Morgan fingerprint density at radius 1 is 1.04 bits per heavy atom. The van der Waals surface area contributed by atoms with Crippen molar-refractivity contribution in [3.05, 3.63) is 24.3 Å². The quantitative estimate of drug-likeness (QED) is 0.775. The van der Waals surface area contributed by atoms with Gasteiger partial charge in [0.15, 0.2) is 0 Å². The van der Waals surface area contributed by atoms with E-state index < -0.39 is 11.2 Å². The maximum absolute atomic E-state index is 12.0. The third-order valence-electron chi connectivity index (χ3n) is 4.70. The Hall–Kier alpha value is -2.08. The van der Waals surface area contributed by atoms with Gasteiger partial charge in [-0.1, -0.05) is 0 Å². The predicted octanol–water partition coefficient (Wildman–Crippen LogP) is 1.47. The van der Waals surface area contributed by atoms with E-state index >= 15 is 0 Å². The molecule has 128 valence electrons. The summed E-state index contributed by atoms with van der Waals surface area (Å²) < 4.78 is 0. The van der Waals surface area contributed by atoms with Crippen molar-refractivity contribution in [2.45, 2.75) is 13.3 Å². The summed E-state index contributed by atoms with van der Waals surface area (Å²) in [4.78, 5) is 40.4. The second kappa shape index (κ2) is 6.81. The van der Waals surface area contributed by atoms with Crippen LogP contribution in [0.15, 0.2) is 24.3 Å². The Morgan fingerprint density at radius 3 is 2.12 bits per heavy atom. The highest BCUT2D eigenvalue weighted by molar-refractivity contribution is 6.64. The van der Waals surface area contributed by atoms with Gasteiger partial charge < -0.3 is 14.7 Å². The zero-order valence-electron chi connectivity index (χ0n) is 13.6. The fourth-order valence-electron chi connectivity index (χ4n) is 3.23. The van der Waals surface area contributed by atoms with Crippen LogP contribution in [0.1, 0.15) is 13.3 Å². The fourth-order valence-corrected chi connectivity index (χ4v) is 3.38. The monoisotopic (exact) mass is 349 g/mol. The Kier molecular flexibility index (Phi) is 4.76. The van der Waals surface area contributed by atoms with Crippen LogP contribution in [-0.2, 0) is 14.4 Å². The summed E-state index contributed by atoms with van der Waals surface area (Å²) in [6.45, 7) is 4.98. The third kappa shape index (κ3) is 3.38. The Labute approximate surface area is 146 Å². The van der Waals surface area contributed by atoms with Crippen molar-refractivity contribution in [1.82, 2.24) is 4.90 Å². The Bertz CT molecular complexity index is 654. The largest absolute Gasteiger partial charge is 0.368 e. The second-order valence-electron chi connectivity index (χ2n) is 6.22. The number of amides is 2. The van der Waals surface area contributed by atoms with Crippen LogP contribution in [0, 0.1) is 5.92 Å². The first-order valence-electron chi connectivity index (χ1n) is 8.06. The van der Waals surface area contributed by atoms with Crippen LogP contribution in [0.3, 0.4) is 0 Å². The first kappa shape index (κ1) is 16.8. The molecule has 7 heteroatoms. The number of hydrogen-bond donors (Lipinski definition) is 0. The first-order chi connectivity index (χ1) is 11.5. The molecule has 0 radical (unpaired) electrons. The lowest BCUT2D eigenvalue weighted by atomic mass is 10.1. The molecule has 0 N–H and O–H groups in total. The molecule has 0 aromatic heterocycles. The smallest absolute Gasteiger partial charge is 0.227 e. The molecule has 2 aliphatic rings. The highest BCUT2D eigenvalue weighted by Gasteiger charge is 2.34. The maximum Gasteiger partial charge on any atom is 0.227 e. The number of halogens is 1. The topological polar surface area (TPSA) is 60.9 Å². The summed E-state index contributed by atoms with van der Waals surface area (Å²) in [6, 6.07) is 7.74. The van der Waals surface area contributed by atoms with Gasteiger partial charge in [0, 0.05) is 57.4 Å². The van der Waals surface area contributed by atoms with Crippen LogP contribution in [0.4, 0.5) is 11.4 Å². The van der Waals surface area contributed by atoms with Gasteiger partial charge in [0.1, 0.15) is 0 Å². The van der Waals surface area contributed by atoms with E-state index in [0.717, 1.165) is 37.6 Å². The normalized spacial score (nSPS) is 21.3. The number of carbonyl (C=O) groups excluding carboxylic acids is 3. The minimum absolute atomic E-state index is 0.0724. The molecule has 3 rings (SSSR count). The fraction of sp³-hybridized carbons (Fsp3) is 0.471. The molecule has 24 heavy (non-hydrogen) atoms. The highest BCUT2D eigenvalue weighted by Crippen LogP contribution is 2.28. The highest BCUT2D eigenvalue weighted by atomic mass is 35.5. The lowest BCUT2D eigenvalue weighted by molar-refractivity contribution is -0.129. The summed E-state index contributed by atoms with van der Waals surface area (Å²) >= 11 is 5.51. The average Bonchev–Trinajstić information content (AvgIpc) is 2.97. The SMILES string of the molecule is CC(=O)N1CCN(c2ccc(N3C[C@@H](C(=O)Cl)CC3=O)cc2)CC1. The number of piperazine rings is 1. The van der Waals surface area contributed by atoms with E-state index in [1.807, 2.05) is 29.2 Å². The molecule has 2 amide bonds. The van der Waals surface area contributed by atoms with Crippen molar-refractivity contribution < 1.29 is 14.4 Å². The van der Waals surface area contributed by atoms with Gasteiger partial charge in [-0.05, 0) is 35.9 Å². The van der Waals surface area contributed by atoms with Gasteiger partial charge in [-0.2, -0.15) is 0 Å². The molecule has 0 unspecified atom stereocenters. The molecular weight excluding hydrogens is 330 g/mol. The van der Waals surface area contributed by atoms with Crippen molar-refractivity contribution in [3.8, 4) is 0 Å². The van der Waals surface area contributed by atoms with E-state index in [9.17, 15) is 14.4 Å². The molecule has 1 aromatic carbocycles. The number of nitrogens with zero attached hydrogens (tertiary/aromatic N) is 3. The van der Waals surface area contributed by atoms with Gasteiger partial charge in [0.05, 0.1) is 5.92 Å². The molecule has 0 spiro atoms. The number of carbonyl (C=O) groups is 3. The minimum atomic E-state index is -0.453. The molecule has 0 aliphatic carbocycles. The van der Waals surface area contributed by atoms with E-state index in [4.69, 9.17) is 11.6 Å². The summed E-state index contributed by atoms with van der Waals surface area (Å²) in [5, 5.41) is -0.453. The van der Waals surface area contributed by atoms with Crippen LogP contribution in [-0.4, -0.2) is 54.7 Å². The lowest BCUT2D eigenvalue weighted by Crippen LogP contribution is -2.48. The number of hydrogen-bond acceptors (Lipinski definition) is 4. The maximum atomic E-state index is 12.0. The molecule has 0 saturated carbocycles. The Balaban J connectivity index is 1.65. The average molecular weight is 350 g/mol. The lowest BCUT2D eigenvalue weighted by Gasteiger charge is -2.35. The minimum Gasteiger partial charge on any atom is -0.368 e. The first-order valence-corrected chi connectivity index (χ1v) is 8.43. The second-order valence-corrected chi connectivity index (χ2v) is 6.59. The van der Waals surface area contributed by atoms with Crippen molar-refractivity contribution in [3.63, 3.8) is 0 Å². The van der Waals surface area contributed by atoms with E-state index in [1.54, 1.807) is 11.8 Å². The standard InChI is InChI=1S/C17H20ClN3O3/c1-12(22)19-6-8-20(9-7-19)14-2-4-15(5-3-14)21-11-13(17(18)24)10-16(21)23/h2-5,13H,6-11H2,1H3/t13-/m0/s1. The molecule has 2 saturated heterocycles. The molecule has 2 aliphatic heterocycles. The van der Waals surface area contributed by atoms with Gasteiger partial charge >= 0.3 is 0 Å². The van der Waals surface area contributed by atoms with Crippen LogP contribution in [0.25, 0.3) is 0 Å². The van der Waals surface area contributed by atoms with Crippen molar-refractivity contribution in [2.75, 3.05) is 42.5 Å². The third-order valence-corrected chi connectivity index (χ3v) is 5.01. The number of rotatable bonds is 3. The van der Waals surface area contributed by atoms with Gasteiger partial charge in [-0.25, -0.2) is 0 Å². The zero-order valence-corrected chi connectivity index (χ0v) is 14.3. The summed E-state index contributed by atoms with van der Waals surface area (Å²) in [7, 11) is 0. The summed E-state index contributed by atoms with van der Waals surface area (Å²) in [6.07, 6.45) is 0.178. The van der Waals surface area contributed by atoms with Crippen LogP contribution in [0.5, 0.6) is 0 Å². The molecule has 1 atom stereocenters. The molecule has 0 bridgehead atoms. The van der Waals surface area contributed by atoms with E-state index in [1.165, 1.54) is 0 Å². The zero-order chi connectivity index (χ0) is 17.3. The van der Waals surface area contributed by atoms with Crippen LogP contribution < -0.4 is 9.80 Å². The molecule has 2 heterocycles. The Morgan fingerprint density at radius 2 is 1.62 bits per heavy atom. The van der Waals surface area contributed by atoms with Crippen molar-refractivity contribution in [1.29, 1.82) is 0 Å².